The molecule has 1 aliphatic carbocycles. The molecule has 1 saturated heterocycles. The van der Waals surface area contributed by atoms with Crippen LogP contribution in [0.2, 0.25) is 0 Å². The van der Waals surface area contributed by atoms with Gasteiger partial charge in [0.1, 0.15) is 5.82 Å². The van der Waals surface area contributed by atoms with Crippen molar-refractivity contribution in [2.75, 3.05) is 32.1 Å². The summed E-state index contributed by atoms with van der Waals surface area (Å²) in [5, 5.41) is 2.74. The third-order valence-corrected chi connectivity index (χ3v) is 5.64. The number of anilines is 1. The number of halogens is 1. The number of hydrogen-bond acceptors (Lipinski definition) is 4. The van der Waals surface area contributed by atoms with Crippen LogP contribution in [0.4, 0.5) is 10.1 Å². The lowest BCUT2D eigenvalue weighted by molar-refractivity contribution is -0.116. The van der Waals surface area contributed by atoms with Crippen molar-refractivity contribution in [3.63, 3.8) is 0 Å². The summed E-state index contributed by atoms with van der Waals surface area (Å²) in [6, 6.07) is 11.9. The normalized spacial score (nSPS) is 18.4. The van der Waals surface area contributed by atoms with E-state index in [9.17, 15) is 9.18 Å². The Morgan fingerprint density at radius 3 is 2.80 bits per heavy atom. The maximum absolute atomic E-state index is 13.3. The van der Waals surface area contributed by atoms with Crippen LogP contribution in [0.1, 0.15) is 30.7 Å². The van der Waals surface area contributed by atoms with Gasteiger partial charge in [0.2, 0.25) is 5.91 Å². The molecule has 2 fully saturated rings. The van der Waals surface area contributed by atoms with Crippen molar-refractivity contribution < 1.29 is 18.7 Å². The smallest absolute Gasteiger partial charge is 0.243 e. The van der Waals surface area contributed by atoms with Gasteiger partial charge in [-0.05, 0) is 61.1 Å². The zero-order chi connectivity index (χ0) is 21.1. The molecule has 2 aliphatic rings. The Morgan fingerprint density at radius 1 is 1.23 bits per heavy atom. The first-order valence-corrected chi connectivity index (χ1v) is 10.3. The van der Waals surface area contributed by atoms with Crippen LogP contribution >= 0.6 is 0 Å². The van der Waals surface area contributed by atoms with Crippen LogP contribution in [0.5, 0.6) is 11.5 Å². The molecule has 0 bridgehead atoms. The number of nitrogens with zero attached hydrogens (tertiary/aromatic N) is 1. The van der Waals surface area contributed by atoms with Crippen molar-refractivity contribution in [1.82, 2.24) is 4.90 Å². The predicted octanol–water partition coefficient (Wildman–Crippen LogP) is 4.56. The Balaban J connectivity index is 1.38. The largest absolute Gasteiger partial charge is 0.493 e. The minimum atomic E-state index is -0.377. The molecule has 1 amide bonds. The molecule has 1 unspecified atom stereocenters. The molecule has 1 aliphatic heterocycles. The van der Waals surface area contributed by atoms with E-state index in [0.717, 1.165) is 35.8 Å². The van der Waals surface area contributed by atoms with Crippen molar-refractivity contribution in [3.8, 4) is 11.5 Å². The topological polar surface area (TPSA) is 50.8 Å². The van der Waals surface area contributed by atoms with Crippen LogP contribution in [-0.4, -0.2) is 37.6 Å². The van der Waals surface area contributed by atoms with E-state index in [2.05, 4.69) is 24.0 Å². The van der Waals surface area contributed by atoms with Gasteiger partial charge < -0.3 is 19.7 Å². The Kier molecular flexibility index (Phi) is 5.93. The van der Waals surface area contributed by atoms with E-state index in [1.807, 2.05) is 11.0 Å². The minimum Gasteiger partial charge on any atom is -0.493 e. The van der Waals surface area contributed by atoms with Gasteiger partial charge >= 0.3 is 0 Å². The molecule has 2 aromatic carbocycles. The highest BCUT2D eigenvalue weighted by Gasteiger charge is 2.29. The van der Waals surface area contributed by atoms with Gasteiger partial charge in [-0.1, -0.05) is 18.7 Å². The highest BCUT2D eigenvalue weighted by molar-refractivity contribution is 5.92. The number of amides is 1. The number of carbonyl (C=O) groups excluding carboxylic acids is 1. The molecule has 30 heavy (non-hydrogen) atoms. The third-order valence-electron chi connectivity index (χ3n) is 5.64. The summed E-state index contributed by atoms with van der Waals surface area (Å²) in [7, 11) is 1.65. The van der Waals surface area contributed by atoms with Crippen molar-refractivity contribution in [1.29, 1.82) is 0 Å². The number of carbonyl (C=O) groups is 1. The molecular weight excluding hydrogens is 383 g/mol. The summed E-state index contributed by atoms with van der Waals surface area (Å²) in [6.45, 7) is 5.75. The fourth-order valence-corrected chi connectivity index (χ4v) is 3.77. The van der Waals surface area contributed by atoms with Gasteiger partial charge in [-0.25, -0.2) is 4.39 Å². The van der Waals surface area contributed by atoms with Gasteiger partial charge in [-0.15, -0.1) is 0 Å². The van der Waals surface area contributed by atoms with E-state index in [1.165, 1.54) is 25.0 Å². The first-order valence-electron chi connectivity index (χ1n) is 10.3. The SMILES string of the molecule is C=C1CC(c2ccc(OC)c(OCC3CC3)c2)CN1CC(=O)Nc1cccc(F)c1. The highest BCUT2D eigenvalue weighted by Crippen LogP contribution is 2.38. The van der Waals surface area contributed by atoms with Crippen LogP contribution in [0.3, 0.4) is 0 Å². The predicted molar refractivity (Wildman–Crippen MR) is 114 cm³/mol. The Hall–Kier alpha value is -3.02. The molecule has 2 aromatic rings. The monoisotopic (exact) mass is 410 g/mol. The number of allylic oxidation sites excluding steroid dienone is 1. The minimum absolute atomic E-state index is 0.188. The standard InChI is InChI=1S/C24H27FN2O3/c1-16-10-19(13-27(16)14-24(28)26-21-5-3-4-20(25)12-21)18-8-9-22(29-2)23(11-18)30-15-17-6-7-17/h3-5,8-9,11-12,17,19H,1,6-7,10,13-15H2,2H3,(H,26,28). The highest BCUT2D eigenvalue weighted by atomic mass is 19.1. The van der Waals surface area contributed by atoms with E-state index in [0.29, 0.717) is 18.2 Å². The lowest BCUT2D eigenvalue weighted by Gasteiger charge is -2.19. The van der Waals surface area contributed by atoms with Crippen molar-refractivity contribution in [2.45, 2.75) is 25.2 Å². The average molecular weight is 410 g/mol. The van der Waals surface area contributed by atoms with E-state index in [-0.39, 0.29) is 24.2 Å². The Labute approximate surface area is 176 Å². The van der Waals surface area contributed by atoms with Crippen molar-refractivity contribution >= 4 is 11.6 Å². The summed E-state index contributed by atoms with van der Waals surface area (Å²) in [5.74, 6) is 1.84. The second-order valence-electron chi connectivity index (χ2n) is 8.07. The fourth-order valence-electron chi connectivity index (χ4n) is 3.77. The van der Waals surface area contributed by atoms with Gasteiger partial charge in [-0.2, -0.15) is 0 Å². The van der Waals surface area contributed by atoms with E-state index in [1.54, 1.807) is 19.2 Å². The number of methoxy groups -OCH3 is 1. The molecule has 0 spiro atoms. The molecule has 158 valence electrons. The number of nitrogens with one attached hydrogen (secondary N) is 1. The number of benzene rings is 2. The maximum atomic E-state index is 13.3. The van der Waals surface area contributed by atoms with Gasteiger partial charge in [0, 0.05) is 23.8 Å². The third kappa shape index (κ3) is 4.93. The second-order valence-corrected chi connectivity index (χ2v) is 8.07. The fraction of sp³-hybridized carbons (Fsp3) is 0.375. The zero-order valence-electron chi connectivity index (χ0n) is 17.2. The quantitative estimate of drug-likeness (QED) is 0.693. The molecule has 1 heterocycles. The number of ether oxygens (including phenoxy) is 2. The second kappa shape index (κ2) is 8.78. The van der Waals surface area contributed by atoms with E-state index < -0.39 is 0 Å². The Bertz CT molecular complexity index is 942. The number of likely N-dealkylation sites (tertiary alicyclic amines) is 1. The molecule has 0 aromatic heterocycles. The summed E-state index contributed by atoms with van der Waals surface area (Å²) >= 11 is 0. The maximum Gasteiger partial charge on any atom is 0.243 e. The first kappa shape index (κ1) is 20.3. The average Bonchev–Trinajstić information content (AvgIpc) is 3.48. The van der Waals surface area contributed by atoms with Crippen LogP contribution in [0.15, 0.2) is 54.7 Å². The lowest BCUT2D eigenvalue weighted by Crippen LogP contribution is -2.30. The van der Waals surface area contributed by atoms with Gasteiger partial charge in [0.15, 0.2) is 11.5 Å². The van der Waals surface area contributed by atoms with Crippen LogP contribution in [0, 0.1) is 11.7 Å². The molecule has 5 nitrogen and oxygen atoms in total. The first-order chi connectivity index (χ1) is 14.5. The van der Waals surface area contributed by atoms with Gasteiger partial charge in [0.05, 0.1) is 20.3 Å². The van der Waals surface area contributed by atoms with E-state index in [4.69, 9.17) is 9.47 Å². The molecule has 0 radical (unpaired) electrons. The zero-order valence-corrected chi connectivity index (χ0v) is 17.2. The Morgan fingerprint density at radius 2 is 2.07 bits per heavy atom. The molecular formula is C24H27FN2O3. The van der Waals surface area contributed by atoms with Crippen LogP contribution < -0.4 is 14.8 Å². The molecule has 1 saturated carbocycles. The van der Waals surface area contributed by atoms with Gasteiger partial charge in [-0.3, -0.25) is 4.79 Å². The van der Waals surface area contributed by atoms with Crippen LogP contribution in [0.25, 0.3) is 0 Å². The lowest BCUT2D eigenvalue weighted by atomic mass is 9.97. The molecule has 4 rings (SSSR count). The summed E-state index contributed by atoms with van der Waals surface area (Å²) in [5.41, 5.74) is 2.52. The molecule has 1 N–H and O–H groups in total. The number of hydrogen-bond donors (Lipinski definition) is 1. The number of rotatable bonds is 8. The molecule has 6 heteroatoms. The van der Waals surface area contributed by atoms with Crippen molar-refractivity contribution in [3.05, 3.63) is 66.1 Å². The van der Waals surface area contributed by atoms with Gasteiger partial charge in [0.25, 0.3) is 0 Å². The molecule has 1 atom stereocenters. The summed E-state index contributed by atoms with van der Waals surface area (Å²) < 4.78 is 24.8. The van der Waals surface area contributed by atoms with Crippen molar-refractivity contribution in [2.24, 2.45) is 5.92 Å². The summed E-state index contributed by atoms with van der Waals surface area (Å²) in [4.78, 5) is 14.4. The summed E-state index contributed by atoms with van der Waals surface area (Å²) in [6.07, 6.45) is 3.25. The van der Waals surface area contributed by atoms with E-state index >= 15 is 0 Å². The van der Waals surface area contributed by atoms with Crippen LogP contribution in [-0.2, 0) is 4.79 Å².